The fourth-order valence-corrected chi connectivity index (χ4v) is 5.13. The number of halogens is 2. The Labute approximate surface area is 231 Å². The summed E-state index contributed by atoms with van der Waals surface area (Å²) >= 11 is 9.84. The number of rotatable bonds is 8. The van der Waals surface area contributed by atoms with Crippen molar-refractivity contribution >= 4 is 51.6 Å². The molecule has 3 heterocycles. The van der Waals surface area contributed by atoms with Gasteiger partial charge in [-0.3, -0.25) is 0 Å². The van der Waals surface area contributed by atoms with Crippen molar-refractivity contribution in [3.8, 4) is 5.75 Å². The molecule has 10 heteroatoms. The van der Waals surface area contributed by atoms with Crippen molar-refractivity contribution < 1.29 is 4.74 Å². The summed E-state index contributed by atoms with van der Waals surface area (Å²) in [6, 6.07) is 13.5. The van der Waals surface area contributed by atoms with Crippen LogP contribution >= 0.6 is 27.5 Å². The number of aromatic nitrogens is 3. The van der Waals surface area contributed by atoms with Gasteiger partial charge in [-0.05, 0) is 62.8 Å². The summed E-state index contributed by atoms with van der Waals surface area (Å²) in [5, 5.41) is 5.15. The minimum atomic E-state index is 0.363. The Hall–Kier alpha value is -2.91. The summed E-state index contributed by atoms with van der Waals surface area (Å²) in [6.07, 6.45) is 8.86. The first-order valence-electron chi connectivity index (χ1n) is 12.9. The molecule has 0 saturated carbocycles. The molecule has 5 rings (SSSR count). The first-order chi connectivity index (χ1) is 18.2. The second kappa shape index (κ2) is 12.6. The number of benzene rings is 2. The van der Waals surface area contributed by atoms with Gasteiger partial charge in [0, 0.05) is 46.8 Å². The van der Waals surface area contributed by atoms with Crippen LogP contribution in [-0.4, -0.2) is 47.3 Å². The number of anilines is 3. The fraction of sp³-hybridized carbons (Fsp3) is 0.407. The Morgan fingerprint density at radius 3 is 2.19 bits per heavy atom. The number of hydrogen-bond donors (Lipinski definition) is 1. The fourth-order valence-electron chi connectivity index (χ4n) is 4.56. The summed E-state index contributed by atoms with van der Waals surface area (Å²) in [4.78, 5) is 18.8. The Morgan fingerprint density at radius 1 is 0.892 bits per heavy atom. The van der Waals surface area contributed by atoms with Crippen LogP contribution in [0.4, 0.5) is 17.8 Å². The second-order valence-corrected chi connectivity index (χ2v) is 10.6. The maximum atomic E-state index is 6.29. The van der Waals surface area contributed by atoms with Crippen LogP contribution in [0, 0.1) is 0 Å². The van der Waals surface area contributed by atoms with Gasteiger partial charge in [0.25, 0.3) is 0 Å². The van der Waals surface area contributed by atoms with Crippen LogP contribution in [0.5, 0.6) is 5.75 Å². The number of hydrazone groups is 1. The Morgan fingerprint density at radius 2 is 1.54 bits per heavy atom. The molecule has 2 fully saturated rings. The molecule has 0 spiro atoms. The van der Waals surface area contributed by atoms with Crippen LogP contribution in [0.15, 0.2) is 52.0 Å². The van der Waals surface area contributed by atoms with Crippen molar-refractivity contribution in [2.75, 3.05) is 41.4 Å². The Kier molecular flexibility index (Phi) is 8.73. The van der Waals surface area contributed by atoms with Gasteiger partial charge in [0.1, 0.15) is 12.4 Å². The quantitative estimate of drug-likeness (QED) is 0.246. The molecule has 1 aromatic heterocycles. The molecule has 2 aliphatic heterocycles. The molecule has 0 unspecified atom stereocenters. The van der Waals surface area contributed by atoms with Gasteiger partial charge in [0.05, 0.1) is 6.21 Å². The maximum Gasteiger partial charge on any atom is 0.250 e. The standard InChI is InChI=1S/C27H31BrClN7O/c28-22-11-12-24(37-19-20-9-3-4-10-23(20)29)21(17-22)18-30-34-25-31-26(35-13-5-1-6-14-35)33-27(32-25)36-15-7-2-8-16-36/h3-4,9-12,17-18H,1-2,5-8,13-16,19H2,(H,31,32,33,34)/b30-18+. The smallest absolute Gasteiger partial charge is 0.250 e. The summed E-state index contributed by atoms with van der Waals surface area (Å²) in [6.45, 7) is 4.24. The number of ether oxygens (including phenoxy) is 1. The predicted molar refractivity (Wildman–Crippen MR) is 153 cm³/mol. The van der Waals surface area contributed by atoms with Gasteiger partial charge in [0.15, 0.2) is 0 Å². The van der Waals surface area contributed by atoms with Gasteiger partial charge in [-0.15, -0.1) is 0 Å². The topological polar surface area (TPSA) is 78.8 Å². The van der Waals surface area contributed by atoms with Crippen molar-refractivity contribution in [3.05, 3.63) is 63.1 Å². The first-order valence-corrected chi connectivity index (χ1v) is 14.0. The molecule has 1 N–H and O–H groups in total. The van der Waals surface area contributed by atoms with Crippen LogP contribution in [-0.2, 0) is 6.61 Å². The molecule has 2 saturated heterocycles. The molecule has 2 aromatic carbocycles. The van der Waals surface area contributed by atoms with E-state index in [2.05, 4.69) is 36.3 Å². The highest BCUT2D eigenvalue weighted by molar-refractivity contribution is 9.10. The van der Waals surface area contributed by atoms with Gasteiger partial charge >= 0.3 is 0 Å². The molecule has 0 bridgehead atoms. The van der Waals surface area contributed by atoms with Gasteiger partial charge in [-0.2, -0.15) is 20.1 Å². The van der Waals surface area contributed by atoms with Gasteiger partial charge in [-0.25, -0.2) is 5.43 Å². The van der Waals surface area contributed by atoms with Crippen LogP contribution < -0.4 is 20.0 Å². The average molecular weight is 585 g/mol. The zero-order valence-corrected chi connectivity index (χ0v) is 23.1. The number of piperidine rings is 2. The highest BCUT2D eigenvalue weighted by atomic mass is 79.9. The van der Waals surface area contributed by atoms with E-state index >= 15 is 0 Å². The second-order valence-electron chi connectivity index (χ2n) is 9.29. The van der Waals surface area contributed by atoms with E-state index in [1.165, 1.54) is 12.8 Å². The van der Waals surface area contributed by atoms with E-state index < -0.39 is 0 Å². The average Bonchev–Trinajstić information content (AvgIpc) is 2.94. The molecule has 3 aromatic rings. The summed E-state index contributed by atoms with van der Waals surface area (Å²) in [5.41, 5.74) is 4.78. The predicted octanol–water partition coefficient (Wildman–Crippen LogP) is 6.29. The van der Waals surface area contributed by atoms with Crippen LogP contribution in [0.3, 0.4) is 0 Å². The van der Waals surface area contributed by atoms with E-state index in [0.29, 0.717) is 23.3 Å². The summed E-state index contributed by atoms with van der Waals surface area (Å²) in [5.74, 6) is 2.59. The third-order valence-electron chi connectivity index (χ3n) is 6.57. The molecule has 194 valence electrons. The number of nitrogens with one attached hydrogen (secondary N) is 1. The van der Waals surface area contributed by atoms with Crippen LogP contribution in [0.1, 0.15) is 49.7 Å². The van der Waals surface area contributed by atoms with Crippen molar-refractivity contribution in [1.82, 2.24) is 15.0 Å². The van der Waals surface area contributed by atoms with E-state index in [0.717, 1.165) is 79.4 Å². The molecular formula is C27H31BrClN7O. The Bertz CT molecular complexity index is 1190. The molecule has 0 aliphatic carbocycles. The highest BCUT2D eigenvalue weighted by Gasteiger charge is 2.20. The lowest BCUT2D eigenvalue weighted by molar-refractivity contribution is 0.306. The van der Waals surface area contributed by atoms with Crippen molar-refractivity contribution in [1.29, 1.82) is 0 Å². The van der Waals surface area contributed by atoms with E-state index in [-0.39, 0.29) is 0 Å². The number of hydrogen-bond acceptors (Lipinski definition) is 8. The van der Waals surface area contributed by atoms with Gasteiger partial charge in [0.2, 0.25) is 17.8 Å². The third kappa shape index (κ3) is 6.90. The minimum absolute atomic E-state index is 0.363. The van der Waals surface area contributed by atoms with E-state index in [9.17, 15) is 0 Å². The molecule has 2 aliphatic rings. The SMILES string of the molecule is Clc1ccccc1COc1ccc(Br)cc1/C=N/Nc1nc(N2CCCCC2)nc(N2CCCCC2)n1. The first kappa shape index (κ1) is 25.7. The largest absolute Gasteiger partial charge is 0.488 e. The molecule has 0 amide bonds. The zero-order chi connectivity index (χ0) is 25.5. The van der Waals surface area contributed by atoms with Gasteiger partial charge in [-0.1, -0.05) is 45.7 Å². The highest BCUT2D eigenvalue weighted by Crippen LogP contribution is 2.25. The molecular weight excluding hydrogens is 554 g/mol. The normalized spacial score (nSPS) is 16.3. The van der Waals surface area contributed by atoms with Crippen molar-refractivity contribution in [2.45, 2.75) is 45.1 Å². The van der Waals surface area contributed by atoms with Crippen LogP contribution in [0.2, 0.25) is 5.02 Å². The monoisotopic (exact) mass is 583 g/mol. The van der Waals surface area contributed by atoms with E-state index in [4.69, 9.17) is 31.3 Å². The third-order valence-corrected chi connectivity index (χ3v) is 7.43. The molecule has 0 radical (unpaired) electrons. The molecule has 0 atom stereocenters. The number of nitrogens with zero attached hydrogens (tertiary/aromatic N) is 6. The zero-order valence-electron chi connectivity index (χ0n) is 20.7. The minimum Gasteiger partial charge on any atom is -0.488 e. The van der Waals surface area contributed by atoms with E-state index in [1.807, 2.05) is 42.5 Å². The molecule has 37 heavy (non-hydrogen) atoms. The Balaban J connectivity index is 1.34. The van der Waals surface area contributed by atoms with E-state index in [1.54, 1.807) is 6.21 Å². The lowest BCUT2D eigenvalue weighted by atomic mass is 10.1. The van der Waals surface area contributed by atoms with Crippen molar-refractivity contribution in [3.63, 3.8) is 0 Å². The van der Waals surface area contributed by atoms with Gasteiger partial charge < -0.3 is 14.5 Å². The summed E-state index contributed by atoms with van der Waals surface area (Å²) in [7, 11) is 0. The maximum absolute atomic E-state index is 6.29. The summed E-state index contributed by atoms with van der Waals surface area (Å²) < 4.78 is 7.01. The lowest BCUT2D eigenvalue weighted by Crippen LogP contribution is -2.34. The lowest BCUT2D eigenvalue weighted by Gasteiger charge is -2.30. The molecule has 8 nitrogen and oxygen atoms in total. The van der Waals surface area contributed by atoms with Crippen molar-refractivity contribution in [2.24, 2.45) is 5.10 Å². The van der Waals surface area contributed by atoms with Crippen LogP contribution in [0.25, 0.3) is 0 Å².